The molecule has 0 bridgehead atoms. The average Bonchev–Trinajstić information content (AvgIpc) is 3.35. The zero-order valence-electron chi connectivity index (χ0n) is 16.5. The second kappa shape index (κ2) is 7.91. The van der Waals surface area contributed by atoms with E-state index in [1.54, 1.807) is 12.3 Å². The number of nitrogens with one attached hydrogen (secondary N) is 1. The first-order valence-corrected chi connectivity index (χ1v) is 10.1. The summed E-state index contributed by atoms with van der Waals surface area (Å²) in [5.74, 6) is 1.08. The summed E-state index contributed by atoms with van der Waals surface area (Å²) in [4.78, 5) is 29.1. The normalized spacial score (nSPS) is 13.5. The van der Waals surface area contributed by atoms with Crippen molar-refractivity contribution < 1.29 is 4.79 Å². The molecule has 5 rings (SSSR count). The zero-order valence-corrected chi connectivity index (χ0v) is 16.5. The number of hydrogen-bond donors (Lipinski definition) is 1. The van der Waals surface area contributed by atoms with Crippen LogP contribution < -0.4 is 10.2 Å². The van der Waals surface area contributed by atoms with Gasteiger partial charge in [-0.3, -0.25) is 9.78 Å². The summed E-state index contributed by atoms with van der Waals surface area (Å²) in [7, 11) is 0. The Morgan fingerprint density at radius 2 is 1.70 bits per heavy atom. The van der Waals surface area contributed by atoms with E-state index in [9.17, 15) is 4.79 Å². The van der Waals surface area contributed by atoms with Gasteiger partial charge in [-0.05, 0) is 25.0 Å². The van der Waals surface area contributed by atoms with Crippen molar-refractivity contribution in [1.29, 1.82) is 0 Å². The number of fused-ring (bicyclic) bond motifs is 1. The zero-order chi connectivity index (χ0) is 20.3. The van der Waals surface area contributed by atoms with Crippen molar-refractivity contribution >= 4 is 28.3 Å². The Morgan fingerprint density at radius 1 is 0.900 bits per heavy atom. The summed E-state index contributed by atoms with van der Waals surface area (Å²) in [5.41, 5.74) is 2.66. The highest BCUT2D eigenvalue weighted by atomic mass is 16.1. The van der Waals surface area contributed by atoms with E-state index in [0.29, 0.717) is 17.2 Å². The maximum absolute atomic E-state index is 13.2. The number of pyridine rings is 1. The second-order valence-corrected chi connectivity index (χ2v) is 7.33. The number of carbonyl (C=O) groups is 1. The fourth-order valence-electron chi connectivity index (χ4n) is 3.77. The molecule has 6 nitrogen and oxygen atoms in total. The number of anilines is 2. The molecule has 3 heterocycles. The van der Waals surface area contributed by atoms with Gasteiger partial charge in [0.1, 0.15) is 11.5 Å². The van der Waals surface area contributed by atoms with Gasteiger partial charge in [-0.15, -0.1) is 0 Å². The standard InChI is InChI=1S/C24H21N5O/c30-24(27-19-12-6-10-17-11-7-13-25-22(17)19)20-16-21(29-14-4-5-15-29)28-23(26-20)18-8-2-1-3-9-18/h1-3,6-13,16H,4-5,14-15H2,(H,27,30). The lowest BCUT2D eigenvalue weighted by Crippen LogP contribution is -2.22. The molecule has 0 aliphatic carbocycles. The summed E-state index contributed by atoms with van der Waals surface area (Å²) < 4.78 is 0. The quantitative estimate of drug-likeness (QED) is 0.549. The Labute approximate surface area is 174 Å². The van der Waals surface area contributed by atoms with E-state index in [4.69, 9.17) is 4.98 Å². The Hall–Kier alpha value is -3.80. The predicted molar refractivity (Wildman–Crippen MR) is 119 cm³/mol. The largest absolute Gasteiger partial charge is 0.356 e. The topological polar surface area (TPSA) is 71.0 Å². The SMILES string of the molecule is O=C(Nc1cccc2cccnc12)c1cc(N2CCCC2)nc(-c2ccccc2)n1. The molecule has 2 aromatic carbocycles. The summed E-state index contributed by atoms with van der Waals surface area (Å²) in [5, 5.41) is 3.96. The molecule has 1 amide bonds. The third kappa shape index (κ3) is 3.59. The van der Waals surface area contributed by atoms with Crippen LogP contribution in [0.2, 0.25) is 0 Å². The van der Waals surface area contributed by atoms with Crippen molar-refractivity contribution in [2.75, 3.05) is 23.3 Å². The molecule has 4 aromatic rings. The van der Waals surface area contributed by atoms with Gasteiger partial charge in [-0.25, -0.2) is 9.97 Å². The molecule has 30 heavy (non-hydrogen) atoms. The van der Waals surface area contributed by atoms with Crippen molar-refractivity contribution in [3.05, 3.63) is 78.6 Å². The number of carbonyl (C=O) groups excluding carboxylic acids is 1. The Kier molecular flexibility index (Phi) is 4.81. The van der Waals surface area contributed by atoms with Gasteiger partial charge in [0.15, 0.2) is 5.82 Å². The molecule has 0 unspecified atom stereocenters. The van der Waals surface area contributed by atoms with Crippen LogP contribution in [0.5, 0.6) is 0 Å². The monoisotopic (exact) mass is 395 g/mol. The fraction of sp³-hybridized carbons (Fsp3) is 0.167. The van der Waals surface area contributed by atoms with Crippen LogP contribution >= 0.6 is 0 Å². The van der Waals surface area contributed by atoms with E-state index in [2.05, 4.69) is 20.2 Å². The first-order chi connectivity index (χ1) is 14.8. The highest BCUT2D eigenvalue weighted by Gasteiger charge is 2.19. The lowest BCUT2D eigenvalue weighted by atomic mass is 10.2. The third-order valence-corrected chi connectivity index (χ3v) is 5.29. The van der Waals surface area contributed by atoms with Gasteiger partial charge in [0.25, 0.3) is 5.91 Å². The van der Waals surface area contributed by atoms with Crippen molar-refractivity contribution in [2.45, 2.75) is 12.8 Å². The van der Waals surface area contributed by atoms with Gasteiger partial charge in [-0.2, -0.15) is 0 Å². The molecule has 1 aliphatic rings. The van der Waals surface area contributed by atoms with Gasteiger partial charge >= 0.3 is 0 Å². The van der Waals surface area contributed by atoms with Crippen LogP contribution in [0.4, 0.5) is 11.5 Å². The van der Waals surface area contributed by atoms with Gasteiger partial charge < -0.3 is 10.2 Å². The molecule has 0 spiro atoms. The van der Waals surface area contributed by atoms with Crippen LogP contribution in [-0.2, 0) is 0 Å². The van der Waals surface area contributed by atoms with E-state index in [1.165, 1.54) is 0 Å². The minimum absolute atomic E-state index is 0.270. The van der Waals surface area contributed by atoms with E-state index >= 15 is 0 Å². The van der Waals surface area contributed by atoms with Crippen molar-refractivity contribution in [3.8, 4) is 11.4 Å². The predicted octanol–water partition coefficient (Wildman–Crippen LogP) is 4.54. The van der Waals surface area contributed by atoms with Crippen LogP contribution in [0.1, 0.15) is 23.3 Å². The van der Waals surface area contributed by atoms with Gasteiger partial charge in [-0.1, -0.05) is 48.5 Å². The molecule has 0 atom stereocenters. The number of aromatic nitrogens is 3. The van der Waals surface area contributed by atoms with E-state index in [0.717, 1.165) is 48.2 Å². The molecule has 0 radical (unpaired) electrons. The van der Waals surface area contributed by atoms with E-state index < -0.39 is 0 Å². The molecule has 1 N–H and O–H groups in total. The summed E-state index contributed by atoms with van der Waals surface area (Å²) in [6.07, 6.45) is 3.99. The smallest absolute Gasteiger partial charge is 0.274 e. The van der Waals surface area contributed by atoms with Gasteiger partial charge in [0.2, 0.25) is 0 Å². The molecule has 6 heteroatoms. The minimum Gasteiger partial charge on any atom is -0.356 e. The van der Waals surface area contributed by atoms with Crippen molar-refractivity contribution in [1.82, 2.24) is 15.0 Å². The Morgan fingerprint density at radius 3 is 2.53 bits per heavy atom. The number of para-hydroxylation sites is 1. The molecular formula is C24H21N5O. The molecule has 1 aliphatic heterocycles. The Bertz CT molecular complexity index is 1200. The average molecular weight is 395 g/mol. The fourth-order valence-corrected chi connectivity index (χ4v) is 3.77. The summed E-state index contributed by atoms with van der Waals surface area (Å²) in [6, 6.07) is 21.1. The number of rotatable bonds is 4. The van der Waals surface area contributed by atoms with Crippen LogP contribution in [0.25, 0.3) is 22.3 Å². The minimum atomic E-state index is -0.270. The van der Waals surface area contributed by atoms with Crippen LogP contribution in [0.3, 0.4) is 0 Å². The Balaban J connectivity index is 1.53. The molecule has 0 saturated carbocycles. The highest BCUT2D eigenvalue weighted by Crippen LogP contribution is 2.25. The van der Waals surface area contributed by atoms with Crippen LogP contribution in [0.15, 0.2) is 72.9 Å². The third-order valence-electron chi connectivity index (χ3n) is 5.29. The number of benzene rings is 2. The number of amides is 1. The van der Waals surface area contributed by atoms with Gasteiger partial charge in [0.05, 0.1) is 11.2 Å². The van der Waals surface area contributed by atoms with E-state index in [1.807, 2.05) is 60.7 Å². The number of nitrogens with zero attached hydrogens (tertiary/aromatic N) is 4. The van der Waals surface area contributed by atoms with Crippen LogP contribution in [0, 0.1) is 0 Å². The first-order valence-electron chi connectivity index (χ1n) is 10.1. The molecule has 1 fully saturated rings. The van der Waals surface area contributed by atoms with E-state index in [-0.39, 0.29) is 5.91 Å². The lowest BCUT2D eigenvalue weighted by Gasteiger charge is -2.18. The molecule has 148 valence electrons. The van der Waals surface area contributed by atoms with Crippen molar-refractivity contribution in [3.63, 3.8) is 0 Å². The molecule has 2 aromatic heterocycles. The highest BCUT2D eigenvalue weighted by molar-refractivity contribution is 6.07. The number of hydrogen-bond acceptors (Lipinski definition) is 5. The molecular weight excluding hydrogens is 374 g/mol. The van der Waals surface area contributed by atoms with Crippen LogP contribution in [-0.4, -0.2) is 33.9 Å². The van der Waals surface area contributed by atoms with Crippen molar-refractivity contribution in [2.24, 2.45) is 0 Å². The first kappa shape index (κ1) is 18.2. The second-order valence-electron chi connectivity index (χ2n) is 7.33. The maximum atomic E-state index is 13.2. The lowest BCUT2D eigenvalue weighted by molar-refractivity contribution is 0.102. The maximum Gasteiger partial charge on any atom is 0.274 e. The summed E-state index contributed by atoms with van der Waals surface area (Å²) >= 11 is 0. The molecule has 1 saturated heterocycles. The summed E-state index contributed by atoms with van der Waals surface area (Å²) in [6.45, 7) is 1.89. The van der Waals surface area contributed by atoms with Gasteiger partial charge in [0, 0.05) is 36.3 Å².